The molecule has 110 valence electrons. The van der Waals surface area contributed by atoms with Crippen LogP contribution in [0.2, 0.25) is 10.0 Å². The summed E-state index contributed by atoms with van der Waals surface area (Å²) in [5.74, 6) is 0.733. The monoisotopic (exact) mass is 329 g/mol. The van der Waals surface area contributed by atoms with E-state index in [0.717, 1.165) is 16.9 Å². The number of halogens is 2. The number of nitriles is 1. The van der Waals surface area contributed by atoms with Crippen molar-refractivity contribution < 1.29 is 4.74 Å². The molecule has 0 amide bonds. The number of ether oxygens (including phenoxy) is 1. The smallest absolute Gasteiger partial charge is 0.150 e. The first kappa shape index (κ1) is 15.0. The average Bonchev–Trinajstić information content (AvgIpc) is 2.86. The van der Waals surface area contributed by atoms with E-state index in [2.05, 4.69) is 6.07 Å². The maximum absolute atomic E-state index is 9.91. The van der Waals surface area contributed by atoms with Crippen molar-refractivity contribution in [2.45, 2.75) is 18.4 Å². The lowest BCUT2D eigenvalue weighted by Gasteiger charge is -2.27. The maximum Gasteiger partial charge on any atom is 0.150 e. The van der Waals surface area contributed by atoms with Gasteiger partial charge in [-0.1, -0.05) is 47.5 Å². The molecular weight excluding hydrogens is 317 g/mol. The molecule has 2 nitrogen and oxygen atoms in total. The lowest BCUT2D eigenvalue weighted by Crippen LogP contribution is -2.27. The predicted molar refractivity (Wildman–Crippen MR) is 87.8 cm³/mol. The minimum Gasteiger partial charge on any atom is -0.488 e. The summed E-state index contributed by atoms with van der Waals surface area (Å²) in [4.78, 5) is 0. The molecule has 0 bridgehead atoms. The molecule has 0 spiro atoms. The number of hydrogen-bond acceptors (Lipinski definition) is 2. The van der Waals surface area contributed by atoms with Gasteiger partial charge in [0.15, 0.2) is 0 Å². The van der Waals surface area contributed by atoms with Crippen LogP contribution in [0.3, 0.4) is 0 Å². The van der Waals surface area contributed by atoms with Crippen molar-refractivity contribution in [2.24, 2.45) is 0 Å². The van der Waals surface area contributed by atoms with Crippen LogP contribution in [-0.4, -0.2) is 0 Å². The predicted octanol–water partition coefficient (Wildman–Crippen LogP) is 5.43. The average molecular weight is 330 g/mol. The van der Waals surface area contributed by atoms with E-state index in [4.69, 9.17) is 27.9 Å². The molecule has 1 aliphatic rings. The highest BCUT2D eigenvalue weighted by atomic mass is 35.5. The van der Waals surface area contributed by atoms with Crippen molar-refractivity contribution in [1.82, 2.24) is 0 Å². The zero-order chi connectivity index (χ0) is 15.7. The van der Waals surface area contributed by atoms with Gasteiger partial charge in [-0.05, 0) is 48.4 Å². The Morgan fingerprint density at radius 3 is 2.09 bits per heavy atom. The number of rotatable bonds is 2. The molecule has 1 heterocycles. The highest BCUT2D eigenvalue weighted by molar-refractivity contribution is 6.30. The van der Waals surface area contributed by atoms with E-state index in [-0.39, 0.29) is 0 Å². The lowest BCUT2D eigenvalue weighted by molar-refractivity contribution is 0.115. The largest absolute Gasteiger partial charge is 0.488 e. The molecule has 2 aromatic rings. The van der Waals surface area contributed by atoms with Crippen molar-refractivity contribution in [3.63, 3.8) is 0 Å². The normalized spacial score (nSPS) is 23.5. The van der Waals surface area contributed by atoms with E-state index in [1.54, 1.807) is 24.3 Å². The Morgan fingerprint density at radius 1 is 1.00 bits per heavy atom. The van der Waals surface area contributed by atoms with Gasteiger partial charge in [0.25, 0.3) is 0 Å². The third kappa shape index (κ3) is 2.47. The summed E-state index contributed by atoms with van der Waals surface area (Å²) in [6, 6.07) is 17.1. The van der Waals surface area contributed by atoms with Crippen LogP contribution < -0.4 is 0 Å². The Bertz CT molecular complexity index is 759. The first-order valence-corrected chi connectivity index (χ1v) is 7.59. The van der Waals surface area contributed by atoms with Gasteiger partial charge in [-0.15, -0.1) is 0 Å². The second kappa shape index (κ2) is 5.68. The highest BCUT2D eigenvalue weighted by Gasteiger charge is 2.46. The van der Waals surface area contributed by atoms with Crippen LogP contribution in [-0.2, 0) is 10.2 Å². The molecule has 2 aromatic carbocycles. The van der Waals surface area contributed by atoms with Gasteiger partial charge in [0, 0.05) is 10.0 Å². The van der Waals surface area contributed by atoms with Crippen molar-refractivity contribution in [1.29, 1.82) is 5.26 Å². The Kier molecular flexibility index (Phi) is 3.87. The van der Waals surface area contributed by atoms with E-state index in [0.29, 0.717) is 10.0 Å². The fraction of sp³-hybridized carbons (Fsp3) is 0.167. The van der Waals surface area contributed by atoms with Gasteiger partial charge in [-0.25, -0.2) is 0 Å². The van der Waals surface area contributed by atoms with Crippen LogP contribution >= 0.6 is 23.2 Å². The summed E-state index contributed by atoms with van der Waals surface area (Å²) in [5, 5.41) is 11.2. The fourth-order valence-electron chi connectivity index (χ4n) is 2.79. The van der Waals surface area contributed by atoms with Crippen LogP contribution in [0, 0.1) is 11.3 Å². The van der Waals surface area contributed by atoms with Gasteiger partial charge >= 0.3 is 0 Å². The SMILES string of the molecule is CC1=C[C@@](C#N)(c2ccc(Cl)cc2)[C@@H](c2ccc(Cl)cc2)O1. The van der Waals surface area contributed by atoms with E-state index in [9.17, 15) is 5.26 Å². The Balaban J connectivity index is 2.12. The molecule has 0 aliphatic carbocycles. The summed E-state index contributed by atoms with van der Waals surface area (Å²) in [6.07, 6.45) is 1.46. The Hall–Kier alpha value is -1.95. The number of benzene rings is 2. The summed E-state index contributed by atoms with van der Waals surface area (Å²) in [5.41, 5.74) is 0.896. The minimum absolute atomic E-state index is 0.407. The molecule has 0 fully saturated rings. The first-order valence-electron chi connectivity index (χ1n) is 6.84. The van der Waals surface area contributed by atoms with E-state index < -0.39 is 11.5 Å². The zero-order valence-electron chi connectivity index (χ0n) is 11.9. The molecular formula is C18H13Cl2NO. The van der Waals surface area contributed by atoms with Crippen LogP contribution in [0.1, 0.15) is 24.2 Å². The summed E-state index contributed by atoms with van der Waals surface area (Å²) in [7, 11) is 0. The molecule has 0 aromatic heterocycles. The molecule has 1 aliphatic heterocycles. The Morgan fingerprint density at radius 2 is 1.55 bits per heavy atom. The van der Waals surface area contributed by atoms with Crippen molar-refractivity contribution in [2.75, 3.05) is 0 Å². The number of nitrogens with zero attached hydrogens (tertiary/aromatic N) is 1. The highest BCUT2D eigenvalue weighted by Crippen LogP contribution is 2.47. The van der Waals surface area contributed by atoms with Crippen LogP contribution in [0.25, 0.3) is 0 Å². The van der Waals surface area contributed by atoms with Gasteiger partial charge in [0.2, 0.25) is 0 Å². The summed E-state index contributed by atoms with van der Waals surface area (Å²) in [6.45, 7) is 1.86. The molecule has 3 rings (SSSR count). The standard InChI is InChI=1S/C18H13Cl2NO/c1-12-10-18(11-21,14-4-8-16(20)9-5-14)17(22-12)13-2-6-15(19)7-3-13/h2-10,17H,1H3/t17-,18-/m1/s1. The first-order chi connectivity index (χ1) is 10.5. The minimum atomic E-state index is -0.873. The molecule has 0 N–H and O–H groups in total. The van der Waals surface area contributed by atoms with Crippen molar-refractivity contribution in [3.8, 4) is 6.07 Å². The topological polar surface area (TPSA) is 33.0 Å². The molecule has 0 saturated carbocycles. The van der Waals surface area contributed by atoms with Gasteiger partial charge in [-0.2, -0.15) is 5.26 Å². The van der Waals surface area contributed by atoms with Gasteiger partial charge in [-0.3, -0.25) is 0 Å². The molecule has 0 saturated heterocycles. The summed E-state index contributed by atoms with van der Waals surface area (Å²) < 4.78 is 5.94. The molecule has 0 radical (unpaired) electrons. The third-order valence-corrected chi connectivity index (χ3v) is 4.33. The fourth-order valence-corrected chi connectivity index (χ4v) is 3.05. The van der Waals surface area contributed by atoms with Gasteiger partial charge < -0.3 is 4.74 Å². The van der Waals surface area contributed by atoms with E-state index in [1.807, 2.05) is 37.3 Å². The summed E-state index contributed by atoms with van der Waals surface area (Å²) >= 11 is 11.9. The number of hydrogen-bond donors (Lipinski definition) is 0. The quantitative estimate of drug-likeness (QED) is 0.735. The second-order valence-electron chi connectivity index (χ2n) is 5.29. The van der Waals surface area contributed by atoms with Crippen LogP contribution in [0.5, 0.6) is 0 Å². The van der Waals surface area contributed by atoms with Crippen molar-refractivity contribution in [3.05, 3.63) is 81.5 Å². The second-order valence-corrected chi connectivity index (χ2v) is 6.17. The van der Waals surface area contributed by atoms with Gasteiger partial charge in [0.1, 0.15) is 11.5 Å². The molecule has 0 unspecified atom stereocenters. The van der Waals surface area contributed by atoms with Crippen LogP contribution in [0.15, 0.2) is 60.4 Å². The molecule has 4 heteroatoms. The zero-order valence-corrected chi connectivity index (χ0v) is 13.4. The van der Waals surface area contributed by atoms with E-state index in [1.165, 1.54) is 0 Å². The number of allylic oxidation sites excluding steroid dienone is 1. The van der Waals surface area contributed by atoms with Gasteiger partial charge in [0.05, 0.1) is 11.8 Å². The maximum atomic E-state index is 9.91. The molecule has 22 heavy (non-hydrogen) atoms. The van der Waals surface area contributed by atoms with Crippen molar-refractivity contribution >= 4 is 23.2 Å². The van der Waals surface area contributed by atoms with Crippen LogP contribution in [0.4, 0.5) is 0 Å². The van der Waals surface area contributed by atoms with E-state index >= 15 is 0 Å². The third-order valence-electron chi connectivity index (χ3n) is 3.83. The lowest BCUT2D eigenvalue weighted by atomic mass is 9.75. The Labute approximate surface area is 139 Å². The molecule has 2 atom stereocenters.